The van der Waals surface area contributed by atoms with Gasteiger partial charge in [0.25, 0.3) is 5.91 Å². The first-order chi connectivity index (χ1) is 5.04. The Morgan fingerprint density at radius 2 is 2.18 bits per heavy atom. The minimum Gasteiger partial charge on any atom is -0.395 e. The van der Waals surface area contributed by atoms with Crippen LogP contribution in [0.15, 0.2) is 5.03 Å². The predicted octanol–water partition coefficient (Wildman–Crippen LogP) is -0.454. The van der Waals surface area contributed by atoms with Gasteiger partial charge in [-0.2, -0.15) is 5.10 Å². The van der Waals surface area contributed by atoms with Crippen LogP contribution in [0.25, 0.3) is 0 Å². The van der Waals surface area contributed by atoms with Gasteiger partial charge in [-0.1, -0.05) is 0 Å². The lowest BCUT2D eigenvalue weighted by molar-refractivity contribution is 0.0995. The highest BCUT2D eigenvalue weighted by Gasteiger charge is 2.15. The SMILES string of the molecule is NC(=O)c1c(N)c(S)nn1S. The third-order valence-electron chi connectivity index (χ3n) is 1.12. The van der Waals surface area contributed by atoms with Gasteiger partial charge in [-0.05, 0) is 12.8 Å². The summed E-state index contributed by atoms with van der Waals surface area (Å²) in [5.74, 6) is -0.676. The van der Waals surface area contributed by atoms with E-state index in [1.807, 2.05) is 0 Å². The number of nitrogens with zero attached hydrogens (tertiary/aromatic N) is 2. The molecular weight excluding hydrogens is 184 g/mol. The van der Waals surface area contributed by atoms with Crippen molar-refractivity contribution in [2.24, 2.45) is 5.73 Å². The molecule has 0 saturated heterocycles. The molecule has 0 unspecified atom stereocenters. The minimum atomic E-state index is -0.676. The van der Waals surface area contributed by atoms with Crippen molar-refractivity contribution < 1.29 is 4.79 Å². The summed E-state index contributed by atoms with van der Waals surface area (Å²) < 4.78 is 1.00. The van der Waals surface area contributed by atoms with Gasteiger partial charge in [0.15, 0.2) is 5.69 Å². The van der Waals surface area contributed by atoms with Crippen LogP contribution in [0.4, 0.5) is 5.69 Å². The second-order valence-corrected chi connectivity index (χ2v) is 2.64. The van der Waals surface area contributed by atoms with Crippen molar-refractivity contribution in [3.8, 4) is 0 Å². The van der Waals surface area contributed by atoms with E-state index in [1.165, 1.54) is 0 Å². The number of hydrogen-bond donors (Lipinski definition) is 4. The van der Waals surface area contributed by atoms with E-state index in [-0.39, 0.29) is 16.4 Å². The molecule has 1 heterocycles. The Labute approximate surface area is 73.7 Å². The first kappa shape index (κ1) is 8.28. The number of carbonyl (C=O) groups is 1. The first-order valence-corrected chi connectivity index (χ1v) is 3.45. The van der Waals surface area contributed by atoms with Crippen LogP contribution in [0.1, 0.15) is 10.5 Å². The molecule has 60 valence electrons. The maximum absolute atomic E-state index is 10.7. The molecule has 1 rings (SSSR count). The Balaban J connectivity index is 3.34. The summed E-state index contributed by atoms with van der Waals surface area (Å²) in [5, 5.41) is 3.90. The average Bonchev–Trinajstić information content (AvgIpc) is 2.07. The molecular formula is C4H6N4OS2. The van der Waals surface area contributed by atoms with Crippen LogP contribution in [0, 0.1) is 0 Å². The molecule has 1 aromatic rings. The Bertz CT molecular complexity index is 307. The monoisotopic (exact) mass is 190 g/mol. The van der Waals surface area contributed by atoms with E-state index < -0.39 is 5.91 Å². The Morgan fingerprint density at radius 1 is 1.64 bits per heavy atom. The largest absolute Gasteiger partial charge is 0.395 e. The van der Waals surface area contributed by atoms with Gasteiger partial charge in [0.1, 0.15) is 5.03 Å². The molecule has 11 heavy (non-hydrogen) atoms. The van der Waals surface area contributed by atoms with Crippen LogP contribution in [0.2, 0.25) is 0 Å². The Morgan fingerprint density at radius 3 is 2.36 bits per heavy atom. The smallest absolute Gasteiger partial charge is 0.270 e. The standard InChI is InChI=1S/C4H6N4OS2/c5-1-2(3(6)9)8(11)7-4(1)10/h11H,5H2,(H2,6,9)(H,7,10). The molecule has 0 atom stereocenters. The maximum atomic E-state index is 10.7. The molecule has 4 N–H and O–H groups in total. The molecule has 0 fully saturated rings. The fourth-order valence-corrected chi connectivity index (χ4v) is 1.20. The van der Waals surface area contributed by atoms with Crippen molar-refractivity contribution in [1.82, 2.24) is 9.19 Å². The van der Waals surface area contributed by atoms with E-state index in [2.05, 4.69) is 30.5 Å². The molecule has 5 nitrogen and oxygen atoms in total. The zero-order valence-electron chi connectivity index (χ0n) is 5.35. The number of rotatable bonds is 1. The highest BCUT2D eigenvalue weighted by molar-refractivity contribution is 7.80. The molecule has 1 aromatic heterocycles. The van der Waals surface area contributed by atoms with Crippen LogP contribution in [0.3, 0.4) is 0 Å². The highest BCUT2D eigenvalue weighted by atomic mass is 32.1. The van der Waals surface area contributed by atoms with E-state index in [4.69, 9.17) is 11.5 Å². The number of nitrogen functional groups attached to an aromatic ring is 1. The van der Waals surface area contributed by atoms with Gasteiger partial charge < -0.3 is 11.5 Å². The molecule has 1 amide bonds. The van der Waals surface area contributed by atoms with Gasteiger partial charge in [0.05, 0.1) is 5.69 Å². The number of anilines is 1. The normalized spacial score (nSPS) is 10.0. The van der Waals surface area contributed by atoms with Gasteiger partial charge in [-0.25, -0.2) is 4.09 Å². The molecule has 0 saturated carbocycles. The summed E-state index contributed by atoms with van der Waals surface area (Å²) in [4.78, 5) is 10.7. The third-order valence-corrected chi connectivity index (χ3v) is 1.74. The molecule has 7 heteroatoms. The molecule has 0 aliphatic rings. The number of primary amides is 1. The second kappa shape index (κ2) is 2.67. The Kier molecular flexibility index (Phi) is 2.01. The van der Waals surface area contributed by atoms with Crippen molar-refractivity contribution >= 4 is 37.0 Å². The number of thiol groups is 2. The van der Waals surface area contributed by atoms with Gasteiger partial charge in [-0.3, -0.25) is 4.79 Å². The number of amides is 1. The van der Waals surface area contributed by atoms with Crippen molar-refractivity contribution in [3.05, 3.63) is 5.69 Å². The molecule has 0 bridgehead atoms. The summed E-state index contributed by atoms with van der Waals surface area (Å²) >= 11 is 7.67. The lowest BCUT2D eigenvalue weighted by Gasteiger charge is -1.93. The van der Waals surface area contributed by atoms with Crippen molar-refractivity contribution in [1.29, 1.82) is 0 Å². The molecule has 0 spiro atoms. The quantitative estimate of drug-likeness (QED) is 0.452. The van der Waals surface area contributed by atoms with E-state index >= 15 is 0 Å². The maximum Gasteiger partial charge on any atom is 0.270 e. The minimum absolute atomic E-state index is 0.0540. The lowest BCUT2D eigenvalue weighted by atomic mass is 10.4. The fourth-order valence-electron chi connectivity index (χ4n) is 0.639. The summed E-state index contributed by atoms with van der Waals surface area (Å²) in [6.45, 7) is 0. The second-order valence-electron chi connectivity index (χ2n) is 1.84. The van der Waals surface area contributed by atoms with E-state index in [0.717, 1.165) is 4.09 Å². The number of aromatic nitrogens is 2. The van der Waals surface area contributed by atoms with Gasteiger partial charge >= 0.3 is 0 Å². The van der Waals surface area contributed by atoms with Crippen molar-refractivity contribution in [2.75, 3.05) is 5.73 Å². The number of hydrogen-bond acceptors (Lipinski definition) is 5. The van der Waals surface area contributed by atoms with Crippen LogP contribution in [0.5, 0.6) is 0 Å². The fraction of sp³-hybridized carbons (Fsp3) is 0. The van der Waals surface area contributed by atoms with Crippen molar-refractivity contribution in [3.63, 3.8) is 0 Å². The first-order valence-electron chi connectivity index (χ1n) is 2.60. The molecule has 0 aromatic carbocycles. The average molecular weight is 190 g/mol. The summed E-state index contributed by atoms with van der Waals surface area (Å²) in [7, 11) is 0. The topological polar surface area (TPSA) is 86.9 Å². The summed E-state index contributed by atoms with van der Waals surface area (Å²) in [5.41, 5.74) is 10.6. The summed E-state index contributed by atoms with van der Waals surface area (Å²) in [6, 6.07) is 0. The number of nitrogens with two attached hydrogens (primary N) is 2. The van der Waals surface area contributed by atoms with Crippen LogP contribution in [-0.2, 0) is 0 Å². The Hall–Kier alpha value is -0.820. The predicted molar refractivity (Wildman–Crippen MR) is 46.8 cm³/mol. The van der Waals surface area contributed by atoms with E-state index in [9.17, 15) is 4.79 Å². The van der Waals surface area contributed by atoms with E-state index in [0.29, 0.717) is 0 Å². The summed E-state index contributed by atoms with van der Waals surface area (Å²) in [6.07, 6.45) is 0. The van der Waals surface area contributed by atoms with Gasteiger partial charge in [0, 0.05) is 0 Å². The van der Waals surface area contributed by atoms with Gasteiger partial charge in [0.2, 0.25) is 0 Å². The molecule has 0 aliphatic carbocycles. The van der Waals surface area contributed by atoms with Crippen LogP contribution >= 0.6 is 25.4 Å². The zero-order valence-corrected chi connectivity index (χ0v) is 7.14. The molecule has 0 radical (unpaired) electrons. The lowest BCUT2D eigenvalue weighted by Crippen LogP contribution is -2.15. The molecule has 0 aliphatic heterocycles. The highest BCUT2D eigenvalue weighted by Crippen LogP contribution is 2.19. The number of carbonyl (C=O) groups excluding carboxylic acids is 1. The van der Waals surface area contributed by atoms with Crippen LogP contribution < -0.4 is 11.5 Å². The van der Waals surface area contributed by atoms with E-state index in [1.54, 1.807) is 0 Å². The van der Waals surface area contributed by atoms with Crippen LogP contribution in [-0.4, -0.2) is 15.1 Å². The van der Waals surface area contributed by atoms with Crippen molar-refractivity contribution in [2.45, 2.75) is 5.03 Å². The van der Waals surface area contributed by atoms with Gasteiger partial charge in [-0.15, -0.1) is 12.6 Å². The zero-order chi connectivity index (χ0) is 8.59. The third kappa shape index (κ3) is 1.29.